The van der Waals surface area contributed by atoms with Gasteiger partial charge in [0.25, 0.3) is 0 Å². The van der Waals surface area contributed by atoms with Gasteiger partial charge in [-0.1, -0.05) is 101 Å². The molecule has 2 aromatic rings. The molecule has 0 spiro atoms. The van der Waals surface area contributed by atoms with Gasteiger partial charge in [0.2, 0.25) is 5.91 Å². The summed E-state index contributed by atoms with van der Waals surface area (Å²) in [7, 11) is -5.15. The maximum absolute atomic E-state index is 13.9. The number of amides is 1. The third kappa shape index (κ3) is 7.32. The molecule has 1 fully saturated rings. The lowest BCUT2D eigenvalue weighted by Crippen LogP contribution is -2.48. The first-order valence-electron chi connectivity index (χ1n) is 12.8. The standard InChI is InChI=1S/C29H42N2O2Si3/c1-34(2,3)21-20-25(35(4,5)6)22-26-28(36(7,8)9)27(29(32)30-23-16-12-10-13-17-23)31(33-26)24-18-14-11-15-19-24/h10-19,22,26-28H,1-9H3,(H,30,32)/b25-22+. The molecule has 1 heterocycles. The average molecular weight is 535 g/mol. The zero-order chi connectivity index (χ0) is 26.7. The number of rotatable bonds is 6. The van der Waals surface area contributed by atoms with Crippen molar-refractivity contribution in [3.8, 4) is 11.5 Å². The summed E-state index contributed by atoms with van der Waals surface area (Å²) in [5.74, 6) is 3.56. The summed E-state index contributed by atoms with van der Waals surface area (Å²) in [6.07, 6.45) is 2.06. The van der Waals surface area contributed by atoms with Crippen molar-refractivity contribution in [1.82, 2.24) is 0 Å². The van der Waals surface area contributed by atoms with Gasteiger partial charge in [0.05, 0.1) is 21.8 Å². The first-order chi connectivity index (χ1) is 16.7. The zero-order valence-electron chi connectivity index (χ0n) is 23.3. The number of carbonyl (C=O) groups excluding carboxylic acids is 1. The molecular weight excluding hydrogens is 493 g/mol. The molecule has 192 valence electrons. The lowest BCUT2D eigenvalue weighted by Gasteiger charge is -2.32. The smallest absolute Gasteiger partial charge is 0.249 e. The van der Waals surface area contributed by atoms with E-state index in [4.69, 9.17) is 4.84 Å². The third-order valence-electron chi connectivity index (χ3n) is 6.21. The van der Waals surface area contributed by atoms with Gasteiger partial charge in [-0.15, -0.1) is 5.54 Å². The highest BCUT2D eigenvalue weighted by Crippen LogP contribution is 2.44. The van der Waals surface area contributed by atoms with Crippen LogP contribution in [0.25, 0.3) is 0 Å². The zero-order valence-corrected chi connectivity index (χ0v) is 26.3. The molecule has 1 N–H and O–H groups in total. The Morgan fingerprint density at radius 3 is 1.94 bits per heavy atom. The van der Waals surface area contributed by atoms with Crippen molar-refractivity contribution in [3.63, 3.8) is 0 Å². The Kier molecular flexibility index (Phi) is 8.56. The summed E-state index contributed by atoms with van der Waals surface area (Å²) in [6.45, 7) is 20.9. The molecule has 3 atom stereocenters. The van der Waals surface area contributed by atoms with E-state index < -0.39 is 30.3 Å². The van der Waals surface area contributed by atoms with Crippen LogP contribution in [0.1, 0.15) is 0 Å². The quantitative estimate of drug-likeness (QED) is 0.314. The van der Waals surface area contributed by atoms with Crippen molar-refractivity contribution in [1.29, 1.82) is 0 Å². The van der Waals surface area contributed by atoms with Crippen LogP contribution in [0, 0.1) is 11.5 Å². The summed E-state index contributed by atoms with van der Waals surface area (Å²) >= 11 is 0. The molecule has 4 nitrogen and oxygen atoms in total. The van der Waals surface area contributed by atoms with E-state index in [0.29, 0.717) is 0 Å². The molecule has 1 amide bonds. The Morgan fingerprint density at radius 2 is 1.44 bits per heavy atom. The van der Waals surface area contributed by atoms with Crippen LogP contribution < -0.4 is 10.4 Å². The molecule has 1 aliphatic heterocycles. The van der Waals surface area contributed by atoms with Gasteiger partial charge in [-0.2, -0.15) is 0 Å². The van der Waals surface area contributed by atoms with Gasteiger partial charge in [-0.25, -0.2) is 5.06 Å². The number of nitrogens with one attached hydrogen (secondary N) is 1. The highest BCUT2D eigenvalue weighted by molar-refractivity contribution is 6.86. The average Bonchev–Trinajstić information content (AvgIpc) is 3.16. The van der Waals surface area contributed by atoms with E-state index in [1.165, 1.54) is 5.20 Å². The van der Waals surface area contributed by atoms with E-state index >= 15 is 0 Å². The van der Waals surface area contributed by atoms with E-state index in [2.05, 4.69) is 81.8 Å². The Morgan fingerprint density at radius 1 is 0.889 bits per heavy atom. The van der Waals surface area contributed by atoms with E-state index in [1.807, 2.05) is 65.7 Å². The summed E-state index contributed by atoms with van der Waals surface area (Å²) in [5.41, 5.74) is 5.34. The van der Waals surface area contributed by atoms with Crippen molar-refractivity contribution in [3.05, 3.63) is 71.9 Å². The van der Waals surface area contributed by atoms with Gasteiger partial charge >= 0.3 is 0 Å². The third-order valence-corrected chi connectivity index (χ3v) is 11.6. The summed E-state index contributed by atoms with van der Waals surface area (Å²) in [5, 5.41) is 6.24. The predicted octanol–water partition coefficient (Wildman–Crippen LogP) is 7.21. The summed E-state index contributed by atoms with van der Waals surface area (Å²) in [4.78, 5) is 20.6. The van der Waals surface area contributed by atoms with Gasteiger partial charge in [0.15, 0.2) is 0 Å². The van der Waals surface area contributed by atoms with Crippen LogP contribution in [0.3, 0.4) is 0 Å². The van der Waals surface area contributed by atoms with E-state index in [1.54, 1.807) is 0 Å². The number of allylic oxidation sites excluding steroid dienone is 1. The monoisotopic (exact) mass is 534 g/mol. The molecule has 1 saturated heterocycles. The second kappa shape index (κ2) is 10.9. The molecule has 7 heteroatoms. The maximum atomic E-state index is 13.9. The fraction of sp³-hybridized carbons (Fsp3) is 0.414. The Hall–Kier alpha value is -2.38. The lowest BCUT2D eigenvalue weighted by atomic mass is 10.1. The Labute approximate surface area is 221 Å². The predicted molar refractivity (Wildman–Crippen MR) is 162 cm³/mol. The van der Waals surface area contributed by atoms with Crippen LogP contribution in [-0.4, -0.2) is 42.3 Å². The van der Waals surface area contributed by atoms with Crippen molar-refractivity contribution in [2.24, 2.45) is 0 Å². The van der Waals surface area contributed by atoms with Crippen molar-refractivity contribution in [2.45, 2.75) is 76.6 Å². The van der Waals surface area contributed by atoms with Crippen LogP contribution in [0.5, 0.6) is 0 Å². The van der Waals surface area contributed by atoms with Crippen molar-refractivity contribution < 1.29 is 9.63 Å². The largest absolute Gasteiger partial charge is 0.324 e. The van der Waals surface area contributed by atoms with E-state index in [0.717, 1.165) is 11.4 Å². The van der Waals surface area contributed by atoms with Gasteiger partial charge in [-0.3, -0.25) is 9.63 Å². The van der Waals surface area contributed by atoms with E-state index in [-0.39, 0.29) is 17.6 Å². The highest BCUT2D eigenvalue weighted by atomic mass is 28.3. The molecule has 0 aliphatic carbocycles. The molecule has 0 saturated carbocycles. The fourth-order valence-electron chi connectivity index (χ4n) is 4.39. The second-order valence-electron chi connectivity index (χ2n) is 12.8. The van der Waals surface area contributed by atoms with Gasteiger partial charge in [-0.05, 0) is 35.5 Å². The first-order valence-corrected chi connectivity index (χ1v) is 23.4. The molecule has 0 bridgehead atoms. The molecule has 2 aromatic carbocycles. The summed E-state index contributed by atoms with van der Waals surface area (Å²) in [6, 6.07) is 19.2. The van der Waals surface area contributed by atoms with Gasteiger partial charge < -0.3 is 5.32 Å². The van der Waals surface area contributed by atoms with Gasteiger partial charge in [0, 0.05) is 11.2 Å². The number of nitrogens with zero attached hydrogens (tertiary/aromatic N) is 1. The van der Waals surface area contributed by atoms with Crippen LogP contribution in [-0.2, 0) is 9.63 Å². The van der Waals surface area contributed by atoms with Crippen molar-refractivity contribution >= 4 is 41.5 Å². The van der Waals surface area contributed by atoms with Crippen LogP contribution in [0.15, 0.2) is 71.9 Å². The lowest BCUT2D eigenvalue weighted by molar-refractivity contribution is -0.117. The van der Waals surface area contributed by atoms with Crippen LogP contribution in [0.4, 0.5) is 11.4 Å². The summed E-state index contributed by atoms with van der Waals surface area (Å²) < 4.78 is 0. The molecule has 0 radical (unpaired) electrons. The SMILES string of the molecule is C[Si](C)(C)C#C/C(=C\C1ON(c2ccccc2)C(C(=O)Nc2ccccc2)C1[Si](C)(C)C)[Si](C)(C)C. The first kappa shape index (κ1) is 28.2. The minimum atomic E-state index is -1.89. The number of carbonyl (C=O) groups is 1. The molecule has 1 aliphatic rings. The number of para-hydroxylation sites is 2. The molecule has 3 unspecified atom stereocenters. The van der Waals surface area contributed by atoms with Gasteiger partial charge in [0.1, 0.15) is 20.2 Å². The Balaban J connectivity index is 2.12. The Bertz CT molecular complexity index is 1130. The molecule has 36 heavy (non-hydrogen) atoms. The second-order valence-corrected chi connectivity index (χ2v) is 27.9. The minimum absolute atomic E-state index is 0.0314. The molecule has 0 aromatic heterocycles. The molecular formula is C29H42N2O2Si3. The minimum Gasteiger partial charge on any atom is -0.324 e. The highest BCUT2D eigenvalue weighted by Gasteiger charge is 2.52. The number of benzene rings is 2. The molecule has 3 rings (SSSR count). The topological polar surface area (TPSA) is 41.6 Å². The normalized spacial score (nSPS) is 21.1. The number of hydrogen-bond donors (Lipinski definition) is 1. The maximum Gasteiger partial charge on any atom is 0.249 e. The van der Waals surface area contributed by atoms with E-state index in [9.17, 15) is 4.79 Å². The fourth-order valence-corrected chi connectivity index (χ4v) is 8.50. The van der Waals surface area contributed by atoms with Crippen molar-refractivity contribution in [2.75, 3.05) is 10.4 Å². The number of hydrogen-bond acceptors (Lipinski definition) is 3. The van der Waals surface area contributed by atoms with Crippen LogP contribution in [0.2, 0.25) is 64.5 Å². The number of anilines is 2. The van der Waals surface area contributed by atoms with Crippen LogP contribution >= 0.6 is 0 Å². The number of hydroxylamine groups is 1.